The van der Waals surface area contributed by atoms with Crippen LogP contribution in [0.3, 0.4) is 0 Å². The third-order valence-electron chi connectivity index (χ3n) is 6.53. The number of carboxylic acids is 1. The summed E-state index contributed by atoms with van der Waals surface area (Å²) in [5.41, 5.74) is 2.97. The molecule has 0 radical (unpaired) electrons. The highest BCUT2D eigenvalue weighted by Crippen LogP contribution is 2.29. The van der Waals surface area contributed by atoms with Gasteiger partial charge in [0.15, 0.2) is 0 Å². The maximum absolute atomic E-state index is 13.9. The van der Waals surface area contributed by atoms with Crippen molar-refractivity contribution in [2.24, 2.45) is 0 Å². The van der Waals surface area contributed by atoms with Crippen molar-refractivity contribution in [3.05, 3.63) is 113 Å². The standard InChI is InChI=1S/C32H32N2O6/c1-22-14-15-25(40-22)21-33-31(37)28-12-5-3-10-26(28)27-11-4-6-13-29(27)32(38)34(19-17-30(35)36)18-16-23-8-7-9-24(20-23)39-2/h3-15,20H,16-19,21H2,1-2H3,(H,33,37)(H,35,36). The number of hydrogen-bond donors (Lipinski definition) is 2. The number of carbonyl (C=O) groups is 3. The Hall–Kier alpha value is -4.85. The lowest BCUT2D eigenvalue weighted by molar-refractivity contribution is -0.137. The molecule has 0 saturated carbocycles. The van der Waals surface area contributed by atoms with Crippen LogP contribution in [-0.2, 0) is 17.8 Å². The zero-order valence-electron chi connectivity index (χ0n) is 22.6. The smallest absolute Gasteiger partial charge is 0.305 e. The summed E-state index contributed by atoms with van der Waals surface area (Å²) in [6, 6.07) is 25.4. The third-order valence-corrected chi connectivity index (χ3v) is 6.53. The van der Waals surface area contributed by atoms with Crippen LogP contribution in [0.1, 0.15) is 44.2 Å². The van der Waals surface area contributed by atoms with E-state index >= 15 is 0 Å². The fourth-order valence-corrected chi connectivity index (χ4v) is 4.47. The van der Waals surface area contributed by atoms with Crippen LogP contribution in [0.4, 0.5) is 0 Å². The Morgan fingerprint density at radius 2 is 1.57 bits per heavy atom. The quantitative estimate of drug-likeness (QED) is 0.251. The molecule has 8 nitrogen and oxygen atoms in total. The summed E-state index contributed by atoms with van der Waals surface area (Å²) in [4.78, 5) is 40.0. The van der Waals surface area contributed by atoms with E-state index in [-0.39, 0.29) is 31.3 Å². The molecule has 8 heteroatoms. The molecule has 206 valence electrons. The van der Waals surface area contributed by atoms with E-state index in [9.17, 15) is 19.5 Å². The van der Waals surface area contributed by atoms with Gasteiger partial charge in [0.05, 0.1) is 20.1 Å². The summed E-state index contributed by atoms with van der Waals surface area (Å²) >= 11 is 0. The van der Waals surface area contributed by atoms with Crippen molar-refractivity contribution in [1.82, 2.24) is 10.2 Å². The first kappa shape index (κ1) is 28.2. The number of carbonyl (C=O) groups excluding carboxylic acids is 2. The molecule has 0 atom stereocenters. The van der Waals surface area contributed by atoms with Crippen LogP contribution < -0.4 is 10.1 Å². The van der Waals surface area contributed by atoms with Crippen LogP contribution in [0.25, 0.3) is 11.1 Å². The lowest BCUT2D eigenvalue weighted by Crippen LogP contribution is -2.35. The molecule has 0 aliphatic heterocycles. The van der Waals surface area contributed by atoms with E-state index in [1.807, 2.05) is 55.5 Å². The van der Waals surface area contributed by atoms with Gasteiger partial charge in [-0.25, -0.2) is 0 Å². The van der Waals surface area contributed by atoms with E-state index in [1.54, 1.807) is 48.4 Å². The van der Waals surface area contributed by atoms with Gasteiger partial charge >= 0.3 is 5.97 Å². The topological polar surface area (TPSA) is 109 Å². The van der Waals surface area contributed by atoms with Crippen molar-refractivity contribution in [2.45, 2.75) is 26.3 Å². The van der Waals surface area contributed by atoms with Crippen molar-refractivity contribution >= 4 is 17.8 Å². The van der Waals surface area contributed by atoms with Crippen LogP contribution in [0.15, 0.2) is 89.3 Å². The molecule has 0 aliphatic rings. The molecule has 0 spiro atoms. The molecule has 2 N–H and O–H groups in total. The van der Waals surface area contributed by atoms with Gasteiger partial charge in [0.2, 0.25) is 0 Å². The number of furan rings is 1. The number of amides is 2. The largest absolute Gasteiger partial charge is 0.497 e. The summed E-state index contributed by atoms with van der Waals surface area (Å²) in [5, 5.41) is 12.2. The number of nitrogens with one attached hydrogen (secondary N) is 1. The average molecular weight is 541 g/mol. The van der Waals surface area contributed by atoms with Crippen molar-refractivity contribution in [3.63, 3.8) is 0 Å². The molecule has 3 aromatic carbocycles. The van der Waals surface area contributed by atoms with E-state index in [2.05, 4.69) is 5.32 Å². The molecule has 0 saturated heterocycles. The van der Waals surface area contributed by atoms with Gasteiger partial charge in [-0.15, -0.1) is 0 Å². The highest BCUT2D eigenvalue weighted by Gasteiger charge is 2.22. The number of rotatable bonds is 12. The Bertz CT molecular complexity index is 1490. The lowest BCUT2D eigenvalue weighted by atomic mass is 9.94. The Morgan fingerprint density at radius 1 is 0.875 bits per heavy atom. The molecule has 0 unspecified atom stereocenters. The second kappa shape index (κ2) is 13.3. The Morgan fingerprint density at radius 3 is 2.25 bits per heavy atom. The highest BCUT2D eigenvalue weighted by atomic mass is 16.5. The number of aryl methyl sites for hydroxylation is 1. The fourth-order valence-electron chi connectivity index (χ4n) is 4.47. The maximum atomic E-state index is 13.9. The fraction of sp³-hybridized carbons (Fsp3) is 0.219. The molecule has 2 amide bonds. The molecule has 40 heavy (non-hydrogen) atoms. The van der Waals surface area contributed by atoms with Gasteiger partial charge in [0.1, 0.15) is 17.3 Å². The minimum atomic E-state index is -0.985. The normalized spacial score (nSPS) is 10.7. The Balaban J connectivity index is 1.60. The molecular formula is C32H32N2O6. The maximum Gasteiger partial charge on any atom is 0.305 e. The van der Waals surface area contributed by atoms with Gasteiger partial charge in [0.25, 0.3) is 11.8 Å². The number of aliphatic carboxylic acids is 1. The SMILES string of the molecule is COc1cccc(CCN(CCC(=O)O)C(=O)c2ccccc2-c2ccccc2C(=O)NCc2ccc(C)o2)c1. The van der Waals surface area contributed by atoms with Gasteiger partial charge in [-0.05, 0) is 66.4 Å². The van der Waals surface area contributed by atoms with E-state index in [0.29, 0.717) is 46.7 Å². The van der Waals surface area contributed by atoms with Crippen molar-refractivity contribution < 1.29 is 28.6 Å². The predicted octanol–water partition coefficient (Wildman–Crippen LogP) is 5.35. The molecule has 0 fully saturated rings. The first-order chi connectivity index (χ1) is 19.4. The number of nitrogens with zero attached hydrogens (tertiary/aromatic N) is 1. The Kier molecular flexibility index (Phi) is 9.35. The number of hydrogen-bond acceptors (Lipinski definition) is 5. The molecule has 0 bridgehead atoms. The van der Waals surface area contributed by atoms with Gasteiger partial charge in [-0.3, -0.25) is 14.4 Å². The molecule has 4 aromatic rings. The molecule has 1 aromatic heterocycles. The van der Waals surface area contributed by atoms with Crippen molar-refractivity contribution in [3.8, 4) is 16.9 Å². The van der Waals surface area contributed by atoms with E-state index in [1.165, 1.54) is 0 Å². The minimum Gasteiger partial charge on any atom is -0.497 e. The molecule has 1 heterocycles. The molecule has 4 rings (SSSR count). The van der Waals surface area contributed by atoms with Crippen molar-refractivity contribution in [1.29, 1.82) is 0 Å². The van der Waals surface area contributed by atoms with Gasteiger partial charge < -0.3 is 24.5 Å². The van der Waals surface area contributed by atoms with Gasteiger partial charge in [-0.2, -0.15) is 0 Å². The summed E-state index contributed by atoms with van der Waals surface area (Å²) in [7, 11) is 1.59. The number of benzene rings is 3. The highest BCUT2D eigenvalue weighted by molar-refractivity contribution is 6.06. The predicted molar refractivity (Wildman–Crippen MR) is 151 cm³/mol. The molecule has 0 aliphatic carbocycles. The zero-order valence-corrected chi connectivity index (χ0v) is 22.6. The van der Waals surface area contributed by atoms with E-state index in [0.717, 1.165) is 11.3 Å². The average Bonchev–Trinajstić information content (AvgIpc) is 3.40. The first-order valence-corrected chi connectivity index (χ1v) is 13.0. The van der Waals surface area contributed by atoms with Crippen LogP contribution in [0.2, 0.25) is 0 Å². The minimum absolute atomic E-state index is 0.0527. The van der Waals surface area contributed by atoms with Gasteiger partial charge in [-0.1, -0.05) is 48.5 Å². The van der Waals surface area contributed by atoms with E-state index < -0.39 is 5.97 Å². The van der Waals surface area contributed by atoms with Gasteiger partial charge in [0, 0.05) is 24.2 Å². The number of methoxy groups -OCH3 is 1. The first-order valence-electron chi connectivity index (χ1n) is 13.0. The zero-order chi connectivity index (χ0) is 28.5. The van der Waals surface area contributed by atoms with Crippen molar-refractivity contribution in [2.75, 3.05) is 20.2 Å². The Labute approximate surface area is 233 Å². The van der Waals surface area contributed by atoms with Crippen LogP contribution in [0.5, 0.6) is 5.75 Å². The molecular weight excluding hydrogens is 508 g/mol. The summed E-state index contributed by atoms with van der Waals surface area (Å²) in [6.45, 7) is 2.44. The van der Waals surface area contributed by atoms with Crippen LogP contribution in [-0.4, -0.2) is 48.0 Å². The summed E-state index contributed by atoms with van der Waals surface area (Å²) < 4.78 is 10.9. The van der Waals surface area contributed by atoms with Crippen LogP contribution in [0, 0.1) is 6.92 Å². The van der Waals surface area contributed by atoms with Crippen LogP contribution >= 0.6 is 0 Å². The van der Waals surface area contributed by atoms with E-state index in [4.69, 9.17) is 9.15 Å². The summed E-state index contributed by atoms with van der Waals surface area (Å²) in [5.74, 6) is 0.526. The third kappa shape index (κ3) is 7.17. The number of carboxylic acid groups (broad SMARTS) is 1. The summed E-state index contributed by atoms with van der Waals surface area (Å²) in [6.07, 6.45) is 0.341. The lowest BCUT2D eigenvalue weighted by Gasteiger charge is -2.24. The second-order valence-electron chi connectivity index (χ2n) is 9.32. The number of ether oxygens (including phenoxy) is 1. The second-order valence-corrected chi connectivity index (χ2v) is 9.32. The monoisotopic (exact) mass is 540 g/mol.